The van der Waals surface area contributed by atoms with Crippen LogP contribution >= 0.6 is 11.6 Å². The zero-order valence-corrected chi connectivity index (χ0v) is 16.2. The molecule has 2 aromatic carbocycles. The number of hydrogen-bond donors (Lipinski definition) is 2. The number of nitrogens with zero attached hydrogens (tertiary/aromatic N) is 1. The summed E-state index contributed by atoms with van der Waals surface area (Å²) in [5.74, 6) is -0.772. The minimum Gasteiger partial charge on any atom is -0.326 e. The third-order valence-corrected chi connectivity index (χ3v) is 5.10. The lowest BCUT2D eigenvalue weighted by atomic mass is 9.95. The molecular weight excluding hydrogens is 381 g/mol. The van der Waals surface area contributed by atoms with Crippen LogP contribution in [0.5, 0.6) is 0 Å². The lowest BCUT2D eigenvalue weighted by Crippen LogP contribution is -2.39. The van der Waals surface area contributed by atoms with E-state index in [9.17, 15) is 14.0 Å². The van der Waals surface area contributed by atoms with Crippen molar-refractivity contribution < 1.29 is 14.0 Å². The summed E-state index contributed by atoms with van der Waals surface area (Å²) in [5, 5.41) is 5.80. The first kappa shape index (κ1) is 20.3. The first-order chi connectivity index (χ1) is 13.5. The Bertz CT molecular complexity index is 824. The highest BCUT2D eigenvalue weighted by Gasteiger charge is 2.25. The molecule has 28 heavy (non-hydrogen) atoms. The molecule has 1 fully saturated rings. The number of carbonyl (C=O) groups is 2. The number of para-hydroxylation sites is 1. The Kier molecular flexibility index (Phi) is 7.01. The predicted molar refractivity (Wildman–Crippen MR) is 109 cm³/mol. The summed E-state index contributed by atoms with van der Waals surface area (Å²) in [6.45, 7) is 2.10. The van der Waals surface area contributed by atoms with Crippen molar-refractivity contribution >= 4 is 34.8 Å². The fourth-order valence-electron chi connectivity index (χ4n) is 3.25. The van der Waals surface area contributed by atoms with Gasteiger partial charge in [0.2, 0.25) is 11.8 Å². The highest BCUT2D eigenvalue weighted by molar-refractivity contribution is 6.30. The molecule has 1 aliphatic heterocycles. The molecule has 7 heteroatoms. The molecule has 2 amide bonds. The molecular formula is C21H23ClFN3O2. The van der Waals surface area contributed by atoms with Crippen LogP contribution in [-0.4, -0.2) is 36.3 Å². The van der Waals surface area contributed by atoms with Crippen LogP contribution in [0.2, 0.25) is 5.02 Å². The topological polar surface area (TPSA) is 61.4 Å². The molecule has 0 bridgehead atoms. The van der Waals surface area contributed by atoms with Gasteiger partial charge in [0.25, 0.3) is 0 Å². The fourth-order valence-corrected chi connectivity index (χ4v) is 3.41. The Morgan fingerprint density at radius 1 is 1.07 bits per heavy atom. The molecule has 0 unspecified atom stereocenters. The van der Waals surface area contributed by atoms with Crippen LogP contribution < -0.4 is 10.6 Å². The average molecular weight is 404 g/mol. The van der Waals surface area contributed by atoms with Gasteiger partial charge in [-0.2, -0.15) is 0 Å². The van der Waals surface area contributed by atoms with E-state index in [0.29, 0.717) is 6.54 Å². The smallest absolute Gasteiger partial charge is 0.227 e. The average Bonchev–Trinajstić information content (AvgIpc) is 2.70. The number of amides is 2. The number of halogens is 2. The lowest BCUT2D eigenvalue weighted by molar-refractivity contribution is -0.121. The van der Waals surface area contributed by atoms with Gasteiger partial charge in [0, 0.05) is 29.6 Å². The number of nitrogens with one attached hydrogen (secondary N) is 2. The maximum absolute atomic E-state index is 13.7. The Hall–Kier alpha value is -2.44. The molecule has 0 spiro atoms. The van der Waals surface area contributed by atoms with Crippen molar-refractivity contribution in [2.24, 2.45) is 5.92 Å². The molecule has 3 rings (SSSR count). The molecule has 0 aliphatic carbocycles. The minimum atomic E-state index is -0.550. The Labute approximate surface area is 168 Å². The van der Waals surface area contributed by atoms with Gasteiger partial charge in [-0.25, -0.2) is 4.39 Å². The Morgan fingerprint density at radius 3 is 2.46 bits per heavy atom. The van der Waals surface area contributed by atoms with Gasteiger partial charge >= 0.3 is 0 Å². The third-order valence-electron chi connectivity index (χ3n) is 4.86. The van der Waals surface area contributed by atoms with E-state index in [2.05, 4.69) is 15.5 Å². The van der Waals surface area contributed by atoms with Gasteiger partial charge in [0.05, 0.1) is 5.69 Å². The maximum Gasteiger partial charge on any atom is 0.227 e. The van der Waals surface area contributed by atoms with Crippen molar-refractivity contribution in [2.75, 3.05) is 30.3 Å². The van der Waals surface area contributed by atoms with E-state index < -0.39 is 5.82 Å². The van der Waals surface area contributed by atoms with E-state index >= 15 is 0 Å². The number of anilines is 2. The largest absolute Gasteiger partial charge is 0.326 e. The first-order valence-electron chi connectivity index (χ1n) is 9.34. The normalized spacial score (nSPS) is 15.2. The number of carbonyl (C=O) groups excluding carboxylic acids is 2. The van der Waals surface area contributed by atoms with Gasteiger partial charge in [-0.15, -0.1) is 0 Å². The maximum atomic E-state index is 13.7. The van der Waals surface area contributed by atoms with E-state index in [1.165, 1.54) is 18.2 Å². The molecule has 1 heterocycles. The van der Waals surface area contributed by atoms with E-state index in [4.69, 9.17) is 11.6 Å². The SMILES string of the molecule is O=C(CCN1CCC(C(=O)Nc2ccccc2)CC1)Nc1ccc(Cl)cc1F. The second-order valence-electron chi connectivity index (χ2n) is 6.89. The van der Waals surface area contributed by atoms with Crippen molar-refractivity contribution in [2.45, 2.75) is 19.3 Å². The Morgan fingerprint density at radius 2 is 1.79 bits per heavy atom. The van der Waals surface area contributed by atoms with Gasteiger partial charge in [0.15, 0.2) is 0 Å². The Balaban J connectivity index is 1.39. The molecule has 1 saturated heterocycles. The van der Waals surface area contributed by atoms with Crippen LogP contribution in [-0.2, 0) is 9.59 Å². The molecule has 0 atom stereocenters. The summed E-state index contributed by atoms with van der Waals surface area (Å²) in [6.07, 6.45) is 1.78. The van der Waals surface area contributed by atoms with Crippen LogP contribution in [0.15, 0.2) is 48.5 Å². The van der Waals surface area contributed by atoms with Crippen molar-refractivity contribution in [3.8, 4) is 0 Å². The van der Waals surface area contributed by atoms with Crippen LogP contribution in [0.4, 0.5) is 15.8 Å². The quantitative estimate of drug-likeness (QED) is 0.761. The summed E-state index contributed by atoms with van der Waals surface area (Å²) in [6, 6.07) is 13.6. The van der Waals surface area contributed by atoms with Crippen molar-refractivity contribution in [1.29, 1.82) is 0 Å². The molecule has 1 aliphatic rings. The first-order valence-corrected chi connectivity index (χ1v) is 9.72. The molecule has 2 N–H and O–H groups in total. The number of benzene rings is 2. The zero-order valence-electron chi connectivity index (χ0n) is 15.5. The molecule has 0 aromatic heterocycles. The zero-order chi connectivity index (χ0) is 19.9. The molecule has 5 nitrogen and oxygen atoms in total. The highest BCUT2D eigenvalue weighted by atomic mass is 35.5. The van der Waals surface area contributed by atoms with E-state index in [1.54, 1.807) is 0 Å². The molecule has 2 aromatic rings. The van der Waals surface area contributed by atoms with Crippen LogP contribution in [0, 0.1) is 11.7 Å². The number of hydrogen-bond acceptors (Lipinski definition) is 3. The predicted octanol–water partition coefficient (Wildman–Crippen LogP) is 4.16. The lowest BCUT2D eigenvalue weighted by Gasteiger charge is -2.31. The highest BCUT2D eigenvalue weighted by Crippen LogP contribution is 2.21. The van der Waals surface area contributed by atoms with Gasteiger partial charge < -0.3 is 15.5 Å². The summed E-state index contributed by atoms with van der Waals surface area (Å²) >= 11 is 5.71. The number of piperidine rings is 1. The van der Waals surface area contributed by atoms with Crippen LogP contribution in [0.1, 0.15) is 19.3 Å². The molecule has 0 radical (unpaired) electrons. The second kappa shape index (κ2) is 9.66. The van der Waals surface area contributed by atoms with E-state index in [-0.39, 0.29) is 34.9 Å². The second-order valence-corrected chi connectivity index (χ2v) is 7.33. The van der Waals surface area contributed by atoms with Gasteiger partial charge in [-0.05, 0) is 56.3 Å². The van der Waals surface area contributed by atoms with Crippen molar-refractivity contribution in [3.05, 3.63) is 59.4 Å². The summed E-state index contributed by atoms with van der Waals surface area (Å²) in [4.78, 5) is 26.6. The van der Waals surface area contributed by atoms with Gasteiger partial charge in [-0.1, -0.05) is 29.8 Å². The van der Waals surface area contributed by atoms with E-state index in [1.807, 2.05) is 30.3 Å². The summed E-state index contributed by atoms with van der Waals surface area (Å²) in [5.41, 5.74) is 0.937. The van der Waals surface area contributed by atoms with Crippen molar-refractivity contribution in [3.63, 3.8) is 0 Å². The monoisotopic (exact) mass is 403 g/mol. The minimum absolute atomic E-state index is 0.0200. The number of rotatable bonds is 6. The van der Waals surface area contributed by atoms with Gasteiger partial charge in [-0.3, -0.25) is 9.59 Å². The van der Waals surface area contributed by atoms with Gasteiger partial charge in [0.1, 0.15) is 5.82 Å². The molecule has 0 saturated carbocycles. The number of likely N-dealkylation sites (tertiary alicyclic amines) is 1. The van der Waals surface area contributed by atoms with Crippen LogP contribution in [0.25, 0.3) is 0 Å². The fraction of sp³-hybridized carbons (Fsp3) is 0.333. The molecule has 148 valence electrons. The van der Waals surface area contributed by atoms with Crippen molar-refractivity contribution in [1.82, 2.24) is 4.90 Å². The summed E-state index contributed by atoms with van der Waals surface area (Å²) in [7, 11) is 0. The van der Waals surface area contributed by atoms with E-state index in [0.717, 1.165) is 31.6 Å². The summed E-state index contributed by atoms with van der Waals surface area (Å²) < 4.78 is 13.7. The third kappa shape index (κ3) is 5.78. The van der Waals surface area contributed by atoms with Crippen LogP contribution in [0.3, 0.4) is 0 Å². The standard InChI is InChI=1S/C21H23ClFN3O2/c22-16-6-7-19(18(23)14-16)25-20(27)10-13-26-11-8-15(9-12-26)21(28)24-17-4-2-1-3-5-17/h1-7,14-15H,8-13H2,(H,24,28)(H,25,27).